The van der Waals surface area contributed by atoms with E-state index in [4.69, 9.17) is 4.74 Å². The second-order valence-electron chi connectivity index (χ2n) is 5.61. The molecule has 1 amide bonds. The first-order valence-corrected chi connectivity index (χ1v) is 8.23. The third-order valence-electron chi connectivity index (χ3n) is 4.06. The third-order valence-corrected chi connectivity index (χ3v) is 4.53. The van der Waals surface area contributed by atoms with E-state index in [2.05, 4.69) is 33.1 Å². The molecule has 4 nitrogen and oxygen atoms in total. The molecule has 2 atom stereocenters. The predicted octanol–water partition coefficient (Wildman–Crippen LogP) is 3.18. The third kappa shape index (κ3) is 3.64. The molecule has 1 aromatic rings. The monoisotopic (exact) mass is 350 g/mol. The summed E-state index contributed by atoms with van der Waals surface area (Å²) in [6, 6.07) is 3.76. The zero-order chi connectivity index (χ0) is 14.7. The molecule has 1 aliphatic heterocycles. The Balaban J connectivity index is 1.54. The number of rotatable bonds is 3. The largest absolute Gasteiger partial charge is 0.472 e. The first-order valence-electron chi connectivity index (χ1n) is 7.44. The standard InChI is InChI=1S/C16H19BrN2O2/c17-13-6-7-15(18-10-13)21-14-8-9-19(11-14)16(20)12-4-2-1-3-5-12/h1-2,6-7,10,12,14H,3-5,8-9,11H2. The number of hydrogen-bond donors (Lipinski definition) is 0. The molecule has 0 saturated carbocycles. The van der Waals surface area contributed by atoms with Crippen molar-refractivity contribution < 1.29 is 9.53 Å². The van der Waals surface area contributed by atoms with E-state index in [-0.39, 0.29) is 17.9 Å². The Bertz CT molecular complexity index is 530. The molecule has 2 heterocycles. The van der Waals surface area contributed by atoms with Crippen LogP contribution in [-0.2, 0) is 4.79 Å². The molecule has 0 spiro atoms. The highest BCUT2D eigenvalue weighted by atomic mass is 79.9. The maximum absolute atomic E-state index is 12.5. The Hall–Kier alpha value is -1.36. The molecule has 2 unspecified atom stereocenters. The molecule has 112 valence electrons. The van der Waals surface area contributed by atoms with Crippen molar-refractivity contribution in [3.63, 3.8) is 0 Å². The van der Waals surface area contributed by atoms with Crippen molar-refractivity contribution in [2.24, 2.45) is 5.92 Å². The molecule has 5 heteroatoms. The van der Waals surface area contributed by atoms with Crippen LogP contribution in [0, 0.1) is 5.92 Å². The molecule has 2 aliphatic rings. The first-order chi connectivity index (χ1) is 10.2. The zero-order valence-corrected chi connectivity index (χ0v) is 13.5. The number of hydrogen-bond acceptors (Lipinski definition) is 3. The lowest BCUT2D eigenvalue weighted by atomic mass is 9.93. The van der Waals surface area contributed by atoms with Crippen LogP contribution < -0.4 is 4.74 Å². The number of carbonyl (C=O) groups is 1. The summed E-state index contributed by atoms with van der Waals surface area (Å²) in [7, 11) is 0. The molecule has 3 rings (SSSR count). The summed E-state index contributed by atoms with van der Waals surface area (Å²) in [6.45, 7) is 1.47. The van der Waals surface area contributed by atoms with E-state index in [1.54, 1.807) is 6.20 Å². The van der Waals surface area contributed by atoms with Gasteiger partial charge in [0.15, 0.2) is 0 Å². The topological polar surface area (TPSA) is 42.4 Å². The summed E-state index contributed by atoms with van der Waals surface area (Å²) < 4.78 is 6.79. The number of carbonyl (C=O) groups excluding carboxylic acids is 1. The molecule has 0 N–H and O–H groups in total. The van der Waals surface area contributed by atoms with Crippen LogP contribution in [-0.4, -0.2) is 35.0 Å². The van der Waals surface area contributed by atoms with Crippen molar-refractivity contribution in [3.8, 4) is 5.88 Å². The van der Waals surface area contributed by atoms with Crippen LogP contribution in [0.15, 0.2) is 35.0 Å². The average molecular weight is 351 g/mol. The maximum atomic E-state index is 12.5. The number of halogens is 1. The number of pyridine rings is 1. The summed E-state index contributed by atoms with van der Waals surface area (Å²) in [6.07, 6.45) is 9.84. The molecule has 1 aliphatic carbocycles. The Morgan fingerprint density at radius 1 is 1.33 bits per heavy atom. The van der Waals surface area contributed by atoms with Gasteiger partial charge >= 0.3 is 0 Å². The Labute approximate surface area is 133 Å². The summed E-state index contributed by atoms with van der Waals surface area (Å²) in [5, 5.41) is 0. The van der Waals surface area contributed by atoms with Gasteiger partial charge in [-0.15, -0.1) is 0 Å². The molecule has 0 radical (unpaired) electrons. The van der Waals surface area contributed by atoms with E-state index in [0.717, 1.165) is 36.7 Å². The molecule has 0 aromatic carbocycles. The fraction of sp³-hybridized carbons (Fsp3) is 0.500. The molecule has 1 fully saturated rings. The lowest BCUT2D eigenvalue weighted by molar-refractivity contribution is -0.135. The van der Waals surface area contributed by atoms with Crippen LogP contribution in [0.2, 0.25) is 0 Å². The number of aromatic nitrogens is 1. The number of nitrogens with zero attached hydrogens (tertiary/aromatic N) is 2. The van der Waals surface area contributed by atoms with Crippen LogP contribution >= 0.6 is 15.9 Å². The molecule has 1 aromatic heterocycles. The van der Waals surface area contributed by atoms with E-state index in [0.29, 0.717) is 12.4 Å². The number of ether oxygens (including phenoxy) is 1. The summed E-state index contributed by atoms with van der Waals surface area (Å²) >= 11 is 3.35. The van der Waals surface area contributed by atoms with Gasteiger partial charge in [-0.25, -0.2) is 4.98 Å². The van der Waals surface area contributed by atoms with Crippen molar-refractivity contribution in [1.29, 1.82) is 0 Å². The highest BCUT2D eigenvalue weighted by molar-refractivity contribution is 9.10. The first kappa shape index (κ1) is 14.6. The van der Waals surface area contributed by atoms with Crippen LogP contribution in [0.5, 0.6) is 5.88 Å². The molecular weight excluding hydrogens is 332 g/mol. The van der Waals surface area contributed by atoms with Crippen molar-refractivity contribution in [3.05, 3.63) is 35.0 Å². The van der Waals surface area contributed by atoms with E-state index >= 15 is 0 Å². The minimum absolute atomic E-state index is 0.0572. The lowest BCUT2D eigenvalue weighted by Gasteiger charge is -2.24. The summed E-state index contributed by atoms with van der Waals surface area (Å²) in [5.74, 6) is 1.08. The summed E-state index contributed by atoms with van der Waals surface area (Å²) in [5.41, 5.74) is 0. The van der Waals surface area contributed by atoms with Crippen LogP contribution in [0.1, 0.15) is 25.7 Å². The van der Waals surface area contributed by atoms with E-state index in [1.165, 1.54) is 0 Å². The van der Waals surface area contributed by atoms with Gasteiger partial charge in [-0.1, -0.05) is 12.2 Å². The second-order valence-corrected chi connectivity index (χ2v) is 6.52. The zero-order valence-electron chi connectivity index (χ0n) is 11.9. The van der Waals surface area contributed by atoms with Crippen molar-refractivity contribution in [1.82, 2.24) is 9.88 Å². The van der Waals surface area contributed by atoms with Gasteiger partial charge in [0.25, 0.3) is 0 Å². The molecule has 0 bridgehead atoms. The molecule has 1 saturated heterocycles. The van der Waals surface area contributed by atoms with Gasteiger partial charge in [0.2, 0.25) is 11.8 Å². The Morgan fingerprint density at radius 2 is 2.24 bits per heavy atom. The highest BCUT2D eigenvalue weighted by Gasteiger charge is 2.31. The van der Waals surface area contributed by atoms with Gasteiger partial charge in [0.1, 0.15) is 6.10 Å². The number of amides is 1. The normalized spacial score (nSPS) is 25.1. The molecular formula is C16H19BrN2O2. The van der Waals surface area contributed by atoms with E-state index in [9.17, 15) is 4.79 Å². The van der Waals surface area contributed by atoms with E-state index < -0.39 is 0 Å². The number of likely N-dealkylation sites (tertiary alicyclic amines) is 1. The fourth-order valence-electron chi connectivity index (χ4n) is 2.90. The van der Waals surface area contributed by atoms with Crippen molar-refractivity contribution in [2.75, 3.05) is 13.1 Å². The quantitative estimate of drug-likeness (QED) is 0.786. The van der Waals surface area contributed by atoms with Gasteiger partial charge in [-0.2, -0.15) is 0 Å². The van der Waals surface area contributed by atoms with Gasteiger partial charge < -0.3 is 9.64 Å². The Kier molecular flexibility index (Phi) is 4.58. The van der Waals surface area contributed by atoms with Gasteiger partial charge in [0, 0.05) is 35.6 Å². The van der Waals surface area contributed by atoms with Crippen molar-refractivity contribution in [2.45, 2.75) is 31.8 Å². The highest BCUT2D eigenvalue weighted by Crippen LogP contribution is 2.24. The summed E-state index contributed by atoms with van der Waals surface area (Å²) in [4.78, 5) is 18.6. The predicted molar refractivity (Wildman–Crippen MR) is 84.0 cm³/mol. The van der Waals surface area contributed by atoms with Gasteiger partial charge in [-0.3, -0.25) is 4.79 Å². The van der Waals surface area contributed by atoms with Crippen molar-refractivity contribution >= 4 is 21.8 Å². The fourth-order valence-corrected chi connectivity index (χ4v) is 3.14. The minimum Gasteiger partial charge on any atom is -0.472 e. The smallest absolute Gasteiger partial charge is 0.226 e. The minimum atomic E-state index is 0.0572. The SMILES string of the molecule is O=C(C1CC=CCC1)N1CCC(Oc2ccc(Br)cn2)C1. The van der Waals surface area contributed by atoms with Crippen LogP contribution in [0.25, 0.3) is 0 Å². The lowest BCUT2D eigenvalue weighted by Crippen LogP contribution is -2.36. The van der Waals surface area contributed by atoms with Crippen LogP contribution in [0.4, 0.5) is 0 Å². The second kappa shape index (κ2) is 6.60. The van der Waals surface area contributed by atoms with Gasteiger partial charge in [-0.05, 0) is 41.3 Å². The Morgan fingerprint density at radius 3 is 2.95 bits per heavy atom. The van der Waals surface area contributed by atoms with Crippen LogP contribution in [0.3, 0.4) is 0 Å². The van der Waals surface area contributed by atoms with Gasteiger partial charge in [0.05, 0.1) is 6.54 Å². The number of allylic oxidation sites excluding steroid dienone is 2. The maximum Gasteiger partial charge on any atom is 0.226 e. The van der Waals surface area contributed by atoms with E-state index in [1.807, 2.05) is 17.0 Å². The molecule has 21 heavy (non-hydrogen) atoms. The average Bonchev–Trinajstić information content (AvgIpc) is 2.98.